The van der Waals surface area contributed by atoms with Crippen molar-refractivity contribution < 1.29 is 9.53 Å². The molecule has 140 valence electrons. The van der Waals surface area contributed by atoms with E-state index in [-0.39, 0.29) is 5.91 Å². The van der Waals surface area contributed by atoms with Gasteiger partial charge in [0, 0.05) is 12.7 Å². The molecule has 0 spiro atoms. The van der Waals surface area contributed by atoms with Crippen molar-refractivity contribution >= 4 is 11.6 Å². The summed E-state index contributed by atoms with van der Waals surface area (Å²) in [4.78, 5) is 17.1. The molecule has 28 heavy (non-hydrogen) atoms. The average molecular weight is 371 g/mol. The number of hydrogen-bond donors (Lipinski definition) is 1. The third-order valence-corrected chi connectivity index (χ3v) is 4.54. The van der Waals surface area contributed by atoms with E-state index in [1.165, 1.54) is 0 Å². The molecule has 4 aromatic rings. The van der Waals surface area contributed by atoms with Gasteiger partial charge in [0.25, 0.3) is 5.91 Å². The van der Waals surface area contributed by atoms with E-state index in [0.29, 0.717) is 24.5 Å². The third kappa shape index (κ3) is 3.88. The molecule has 0 saturated carbocycles. The summed E-state index contributed by atoms with van der Waals surface area (Å²) in [7, 11) is 0. The fraction of sp³-hybridized carbons (Fsp3) is 0.130. The van der Waals surface area contributed by atoms with Crippen molar-refractivity contribution in [2.75, 3.05) is 0 Å². The highest BCUT2D eigenvalue weighted by Gasteiger charge is 2.15. The lowest BCUT2D eigenvalue weighted by Gasteiger charge is -2.09. The van der Waals surface area contributed by atoms with Crippen LogP contribution in [0.2, 0.25) is 0 Å². The number of carbonyl (C=O) groups is 1. The minimum atomic E-state index is -0.138. The molecule has 0 atom stereocenters. The standard InChI is InChI=1S/C23H21N3O2/c1-17-22(26-14-6-5-9-21(26)25-17)23(27)24-15-18-10-12-20(13-11-18)28-16-19-7-3-2-4-8-19/h2-14H,15-16H2,1H3,(H,24,27). The lowest BCUT2D eigenvalue weighted by molar-refractivity contribution is 0.0944. The van der Waals surface area contributed by atoms with E-state index in [2.05, 4.69) is 10.3 Å². The van der Waals surface area contributed by atoms with E-state index in [1.807, 2.05) is 90.3 Å². The molecular weight excluding hydrogens is 350 g/mol. The molecule has 5 heteroatoms. The number of imidazole rings is 1. The van der Waals surface area contributed by atoms with Crippen LogP contribution in [0.3, 0.4) is 0 Å². The number of aryl methyl sites for hydroxylation is 1. The SMILES string of the molecule is Cc1nc2ccccn2c1C(=O)NCc1ccc(OCc2ccccc2)cc1. The van der Waals surface area contributed by atoms with Gasteiger partial charge in [-0.15, -0.1) is 0 Å². The zero-order chi connectivity index (χ0) is 19.3. The summed E-state index contributed by atoms with van der Waals surface area (Å²) >= 11 is 0. The number of hydrogen-bond acceptors (Lipinski definition) is 3. The van der Waals surface area contributed by atoms with Crippen LogP contribution in [0.15, 0.2) is 79.0 Å². The Morgan fingerprint density at radius 3 is 2.50 bits per heavy atom. The van der Waals surface area contributed by atoms with Crippen LogP contribution in [0.25, 0.3) is 5.65 Å². The van der Waals surface area contributed by atoms with Crippen molar-refractivity contribution in [1.29, 1.82) is 0 Å². The number of nitrogens with one attached hydrogen (secondary N) is 1. The molecule has 2 heterocycles. The minimum Gasteiger partial charge on any atom is -0.489 e. The Kier molecular flexibility index (Phi) is 5.06. The summed E-state index contributed by atoms with van der Waals surface area (Å²) in [5, 5.41) is 2.97. The highest BCUT2D eigenvalue weighted by molar-refractivity contribution is 5.94. The molecule has 0 aliphatic carbocycles. The fourth-order valence-corrected chi connectivity index (χ4v) is 3.10. The quantitative estimate of drug-likeness (QED) is 0.554. The second-order valence-corrected chi connectivity index (χ2v) is 6.58. The first-order valence-electron chi connectivity index (χ1n) is 9.18. The number of carbonyl (C=O) groups excluding carboxylic acids is 1. The molecule has 5 nitrogen and oxygen atoms in total. The van der Waals surface area contributed by atoms with Crippen molar-refractivity contribution in [2.24, 2.45) is 0 Å². The van der Waals surface area contributed by atoms with Crippen LogP contribution in [0.4, 0.5) is 0 Å². The van der Waals surface area contributed by atoms with E-state index in [0.717, 1.165) is 22.5 Å². The Morgan fingerprint density at radius 2 is 1.71 bits per heavy atom. The smallest absolute Gasteiger partial charge is 0.270 e. The van der Waals surface area contributed by atoms with Crippen LogP contribution in [0, 0.1) is 6.92 Å². The Morgan fingerprint density at radius 1 is 0.964 bits per heavy atom. The van der Waals surface area contributed by atoms with E-state index >= 15 is 0 Å². The molecule has 0 radical (unpaired) electrons. The molecule has 0 bridgehead atoms. The van der Waals surface area contributed by atoms with Gasteiger partial charge in [0.05, 0.1) is 5.69 Å². The first kappa shape index (κ1) is 17.8. The third-order valence-electron chi connectivity index (χ3n) is 4.54. The van der Waals surface area contributed by atoms with Crippen LogP contribution in [0.5, 0.6) is 5.75 Å². The van der Waals surface area contributed by atoms with Crippen molar-refractivity contribution in [3.63, 3.8) is 0 Å². The summed E-state index contributed by atoms with van der Waals surface area (Å²) in [6.07, 6.45) is 1.85. The van der Waals surface area contributed by atoms with Crippen LogP contribution < -0.4 is 10.1 Å². The molecule has 0 unspecified atom stereocenters. The zero-order valence-electron chi connectivity index (χ0n) is 15.6. The molecule has 4 rings (SSSR count). The molecular formula is C23H21N3O2. The lowest BCUT2D eigenvalue weighted by atomic mass is 10.2. The van der Waals surface area contributed by atoms with E-state index < -0.39 is 0 Å². The number of nitrogens with zero attached hydrogens (tertiary/aromatic N) is 2. The highest BCUT2D eigenvalue weighted by Crippen LogP contribution is 2.15. The highest BCUT2D eigenvalue weighted by atomic mass is 16.5. The van der Waals surface area contributed by atoms with Crippen molar-refractivity contribution in [2.45, 2.75) is 20.1 Å². The Bertz CT molecular complexity index is 1090. The number of aromatic nitrogens is 2. The maximum absolute atomic E-state index is 12.6. The second kappa shape index (κ2) is 7.96. The fourth-order valence-electron chi connectivity index (χ4n) is 3.10. The summed E-state index contributed by atoms with van der Waals surface area (Å²) in [6, 6.07) is 23.5. The normalized spacial score (nSPS) is 10.8. The van der Waals surface area contributed by atoms with Gasteiger partial charge in [0.15, 0.2) is 0 Å². The van der Waals surface area contributed by atoms with Crippen LogP contribution in [0.1, 0.15) is 27.3 Å². The van der Waals surface area contributed by atoms with Crippen molar-refractivity contribution in [1.82, 2.24) is 14.7 Å². The number of benzene rings is 2. The molecule has 2 aromatic carbocycles. The van der Waals surface area contributed by atoms with E-state index in [1.54, 1.807) is 0 Å². The van der Waals surface area contributed by atoms with Gasteiger partial charge in [0.2, 0.25) is 0 Å². The summed E-state index contributed by atoms with van der Waals surface area (Å²) in [6.45, 7) is 2.82. The van der Waals surface area contributed by atoms with Gasteiger partial charge in [-0.1, -0.05) is 48.5 Å². The Balaban J connectivity index is 1.37. The number of ether oxygens (including phenoxy) is 1. The summed E-state index contributed by atoms with van der Waals surface area (Å²) in [5.74, 6) is 0.664. The molecule has 1 amide bonds. The van der Waals surface area contributed by atoms with Gasteiger partial charge < -0.3 is 10.1 Å². The number of pyridine rings is 1. The number of rotatable bonds is 6. The molecule has 0 fully saturated rings. The predicted molar refractivity (Wildman–Crippen MR) is 108 cm³/mol. The van der Waals surface area contributed by atoms with Gasteiger partial charge in [-0.05, 0) is 42.3 Å². The van der Waals surface area contributed by atoms with Gasteiger partial charge >= 0.3 is 0 Å². The molecule has 0 saturated heterocycles. The Labute approximate surface area is 163 Å². The first-order valence-corrected chi connectivity index (χ1v) is 9.18. The largest absolute Gasteiger partial charge is 0.489 e. The van der Waals surface area contributed by atoms with E-state index in [4.69, 9.17) is 4.74 Å². The topological polar surface area (TPSA) is 55.6 Å². The molecule has 2 aromatic heterocycles. The van der Waals surface area contributed by atoms with Gasteiger partial charge in [-0.25, -0.2) is 4.98 Å². The van der Waals surface area contributed by atoms with Gasteiger partial charge in [-0.2, -0.15) is 0 Å². The first-order chi connectivity index (χ1) is 13.7. The van der Waals surface area contributed by atoms with Crippen LogP contribution >= 0.6 is 0 Å². The van der Waals surface area contributed by atoms with Crippen LogP contribution in [-0.4, -0.2) is 15.3 Å². The van der Waals surface area contributed by atoms with Crippen molar-refractivity contribution in [3.8, 4) is 5.75 Å². The van der Waals surface area contributed by atoms with Crippen molar-refractivity contribution in [3.05, 3.63) is 102 Å². The molecule has 0 aliphatic rings. The van der Waals surface area contributed by atoms with Gasteiger partial charge in [0.1, 0.15) is 23.7 Å². The average Bonchev–Trinajstić information content (AvgIpc) is 3.08. The zero-order valence-corrected chi connectivity index (χ0v) is 15.6. The summed E-state index contributed by atoms with van der Waals surface area (Å²) < 4.78 is 7.61. The maximum Gasteiger partial charge on any atom is 0.270 e. The van der Waals surface area contributed by atoms with Gasteiger partial charge in [-0.3, -0.25) is 9.20 Å². The molecule has 1 N–H and O–H groups in total. The van der Waals surface area contributed by atoms with Crippen LogP contribution in [-0.2, 0) is 13.2 Å². The van der Waals surface area contributed by atoms with E-state index in [9.17, 15) is 4.79 Å². The minimum absolute atomic E-state index is 0.138. The second-order valence-electron chi connectivity index (χ2n) is 6.58. The Hall–Kier alpha value is -3.60. The number of amides is 1. The maximum atomic E-state index is 12.6. The monoisotopic (exact) mass is 371 g/mol. The molecule has 0 aliphatic heterocycles. The summed E-state index contributed by atoms with van der Waals surface area (Å²) in [5.41, 5.74) is 4.19. The lowest BCUT2D eigenvalue weighted by Crippen LogP contribution is -2.24. The number of fused-ring (bicyclic) bond motifs is 1. The predicted octanol–water partition coefficient (Wildman–Crippen LogP) is 4.15.